The number of hydrogen-bond acceptors (Lipinski definition) is 4. The first-order valence-corrected chi connectivity index (χ1v) is 8.85. The van der Waals surface area contributed by atoms with E-state index in [1.807, 2.05) is 30.3 Å². The molecule has 0 spiro atoms. The van der Waals surface area contributed by atoms with Gasteiger partial charge in [0.15, 0.2) is 11.5 Å². The Kier molecular flexibility index (Phi) is 5.64. The van der Waals surface area contributed by atoms with Gasteiger partial charge in [0.2, 0.25) is 5.91 Å². The third-order valence-electron chi connectivity index (χ3n) is 4.06. The first kappa shape index (κ1) is 19.0. The number of benzene rings is 2. The third kappa shape index (κ3) is 4.32. The lowest BCUT2D eigenvalue weighted by Crippen LogP contribution is -2.14. The molecule has 28 heavy (non-hydrogen) atoms. The zero-order valence-corrected chi connectivity index (χ0v) is 15.6. The minimum Gasteiger partial charge on any atom is -0.321 e. The minimum atomic E-state index is -0.442. The van der Waals surface area contributed by atoms with E-state index in [0.29, 0.717) is 29.2 Å². The largest absolute Gasteiger partial charge is 0.321 e. The average molecular weight is 376 g/mol. The van der Waals surface area contributed by atoms with Gasteiger partial charge in [0.05, 0.1) is 5.69 Å². The molecule has 2 N–H and O–H groups in total. The number of ketones is 1. The number of nitrogens with zero attached hydrogens (tertiary/aromatic N) is 2. The first-order valence-electron chi connectivity index (χ1n) is 8.85. The number of amides is 2. The van der Waals surface area contributed by atoms with E-state index in [1.54, 1.807) is 31.2 Å². The van der Waals surface area contributed by atoms with E-state index in [-0.39, 0.29) is 17.4 Å². The van der Waals surface area contributed by atoms with Gasteiger partial charge in [-0.15, -0.1) is 0 Å². The molecule has 7 heteroatoms. The van der Waals surface area contributed by atoms with E-state index in [2.05, 4.69) is 15.7 Å². The van der Waals surface area contributed by atoms with Crippen LogP contribution < -0.4 is 10.6 Å². The molecule has 0 aliphatic rings. The topological polar surface area (TPSA) is 93.1 Å². The van der Waals surface area contributed by atoms with Gasteiger partial charge in [-0.2, -0.15) is 5.10 Å². The summed E-state index contributed by atoms with van der Waals surface area (Å²) in [7, 11) is 0. The average Bonchev–Trinajstić information content (AvgIpc) is 3.12. The number of anilines is 2. The molecule has 0 unspecified atom stereocenters. The Balaban J connectivity index is 1.91. The van der Waals surface area contributed by atoms with Crippen molar-refractivity contribution in [3.63, 3.8) is 0 Å². The second-order valence-electron chi connectivity index (χ2n) is 6.16. The maximum atomic E-state index is 12.7. The summed E-state index contributed by atoms with van der Waals surface area (Å²) in [5, 5.41) is 9.84. The Morgan fingerprint density at radius 2 is 1.71 bits per heavy atom. The summed E-state index contributed by atoms with van der Waals surface area (Å²) in [4.78, 5) is 36.0. The summed E-state index contributed by atoms with van der Waals surface area (Å²) in [6.07, 6.45) is 0.305. The van der Waals surface area contributed by atoms with Gasteiger partial charge >= 0.3 is 0 Å². The predicted molar refractivity (Wildman–Crippen MR) is 107 cm³/mol. The van der Waals surface area contributed by atoms with Crippen LogP contribution in [0.4, 0.5) is 11.5 Å². The second kappa shape index (κ2) is 8.30. The van der Waals surface area contributed by atoms with Crippen LogP contribution in [0.3, 0.4) is 0 Å². The van der Waals surface area contributed by atoms with Crippen molar-refractivity contribution in [3.8, 4) is 5.69 Å². The van der Waals surface area contributed by atoms with Crippen molar-refractivity contribution in [2.24, 2.45) is 0 Å². The van der Waals surface area contributed by atoms with Crippen molar-refractivity contribution in [2.45, 2.75) is 20.3 Å². The van der Waals surface area contributed by atoms with Crippen LogP contribution in [0.25, 0.3) is 5.69 Å². The van der Waals surface area contributed by atoms with Gasteiger partial charge in [-0.1, -0.05) is 37.3 Å². The highest BCUT2D eigenvalue weighted by Gasteiger charge is 2.17. The summed E-state index contributed by atoms with van der Waals surface area (Å²) < 4.78 is 1.51. The lowest BCUT2D eigenvalue weighted by molar-refractivity contribution is -0.115. The molecule has 0 aliphatic heterocycles. The summed E-state index contributed by atoms with van der Waals surface area (Å²) in [5.74, 6) is -0.310. The normalized spacial score (nSPS) is 10.4. The zero-order chi connectivity index (χ0) is 20.1. The Labute approximate surface area is 162 Å². The molecule has 1 aromatic heterocycles. The van der Waals surface area contributed by atoms with E-state index in [1.165, 1.54) is 17.7 Å². The fourth-order valence-corrected chi connectivity index (χ4v) is 2.59. The van der Waals surface area contributed by atoms with Gasteiger partial charge in [0.25, 0.3) is 5.91 Å². The van der Waals surface area contributed by atoms with Crippen LogP contribution in [-0.2, 0) is 4.79 Å². The number of carbonyl (C=O) groups excluding carboxylic acids is 3. The fourth-order valence-electron chi connectivity index (χ4n) is 2.59. The van der Waals surface area contributed by atoms with Crippen molar-refractivity contribution in [1.29, 1.82) is 0 Å². The summed E-state index contributed by atoms with van der Waals surface area (Å²) in [5.41, 5.74) is 1.85. The number of carbonyl (C=O) groups is 3. The van der Waals surface area contributed by atoms with Crippen molar-refractivity contribution < 1.29 is 14.4 Å². The lowest BCUT2D eigenvalue weighted by atomic mass is 10.1. The number of para-hydroxylation sites is 1. The Morgan fingerprint density at radius 3 is 2.39 bits per heavy atom. The van der Waals surface area contributed by atoms with Crippen LogP contribution in [-0.4, -0.2) is 27.4 Å². The maximum absolute atomic E-state index is 12.7. The van der Waals surface area contributed by atoms with E-state index in [4.69, 9.17) is 0 Å². The summed E-state index contributed by atoms with van der Waals surface area (Å²) >= 11 is 0. The minimum absolute atomic E-state index is 0.0889. The fraction of sp³-hybridized carbons (Fsp3) is 0.143. The van der Waals surface area contributed by atoms with E-state index in [9.17, 15) is 14.4 Å². The number of hydrogen-bond donors (Lipinski definition) is 2. The standard InChI is InChI=1S/C21H20N4O3/c1-3-20(27)23-19-13-18(24-25(19)17-10-5-4-6-11-17)21(28)22-16-9-7-8-15(12-16)14(2)26/h4-13H,3H2,1-2H3,(H,22,28)(H,23,27). The van der Waals surface area contributed by atoms with Gasteiger partial charge < -0.3 is 10.6 Å². The highest BCUT2D eigenvalue weighted by molar-refractivity contribution is 6.05. The Morgan fingerprint density at radius 1 is 0.964 bits per heavy atom. The molecule has 0 fully saturated rings. The highest BCUT2D eigenvalue weighted by atomic mass is 16.2. The van der Waals surface area contributed by atoms with Gasteiger partial charge in [-0.3, -0.25) is 14.4 Å². The molecule has 2 amide bonds. The molecule has 0 bridgehead atoms. The summed E-state index contributed by atoms with van der Waals surface area (Å²) in [6.45, 7) is 3.21. The quantitative estimate of drug-likeness (QED) is 0.642. The summed E-state index contributed by atoms with van der Waals surface area (Å²) in [6, 6.07) is 17.4. The van der Waals surface area contributed by atoms with Crippen LogP contribution in [0, 0.1) is 0 Å². The predicted octanol–water partition coefficient (Wildman–Crippen LogP) is 3.68. The molecule has 0 aliphatic carbocycles. The van der Waals surface area contributed by atoms with E-state index < -0.39 is 5.91 Å². The molecule has 142 valence electrons. The zero-order valence-electron chi connectivity index (χ0n) is 15.6. The van der Waals surface area contributed by atoms with Gasteiger partial charge in [-0.05, 0) is 31.2 Å². The van der Waals surface area contributed by atoms with E-state index in [0.717, 1.165) is 0 Å². The van der Waals surface area contributed by atoms with Gasteiger partial charge in [0.1, 0.15) is 5.82 Å². The molecule has 0 radical (unpaired) electrons. The van der Waals surface area contributed by atoms with Crippen LogP contribution in [0.15, 0.2) is 60.7 Å². The van der Waals surface area contributed by atoms with Crippen LogP contribution in [0.5, 0.6) is 0 Å². The number of rotatable bonds is 6. The van der Waals surface area contributed by atoms with Gasteiger partial charge in [-0.25, -0.2) is 4.68 Å². The van der Waals surface area contributed by atoms with Crippen LogP contribution in [0.1, 0.15) is 41.1 Å². The molecule has 0 saturated carbocycles. The molecule has 3 rings (SSSR count). The monoisotopic (exact) mass is 376 g/mol. The highest BCUT2D eigenvalue weighted by Crippen LogP contribution is 2.19. The number of aromatic nitrogens is 2. The SMILES string of the molecule is CCC(=O)Nc1cc(C(=O)Nc2cccc(C(C)=O)c2)nn1-c1ccccc1. The van der Waals surface area contributed by atoms with Crippen molar-refractivity contribution in [2.75, 3.05) is 10.6 Å². The second-order valence-corrected chi connectivity index (χ2v) is 6.16. The first-order chi connectivity index (χ1) is 13.5. The van der Waals surface area contributed by atoms with Crippen LogP contribution in [0.2, 0.25) is 0 Å². The van der Waals surface area contributed by atoms with Crippen molar-refractivity contribution >= 4 is 29.1 Å². The molecular weight excluding hydrogens is 356 g/mol. The Bertz CT molecular complexity index is 1030. The molecule has 0 atom stereocenters. The van der Waals surface area contributed by atoms with Crippen molar-refractivity contribution in [3.05, 3.63) is 71.9 Å². The molecule has 0 saturated heterocycles. The number of nitrogens with one attached hydrogen (secondary N) is 2. The lowest BCUT2D eigenvalue weighted by Gasteiger charge is -2.07. The van der Waals surface area contributed by atoms with Gasteiger partial charge in [0, 0.05) is 23.7 Å². The van der Waals surface area contributed by atoms with Crippen molar-refractivity contribution in [1.82, 2.24) is 9.78 Å². The third-order valence-corrected chi connectivity index (χ3v) is 4.06. The van der Waals surface area contributed by atoms with E-state index >= 15 is 0 Å². The molecule has 7 nitrogen and oxygen atoms in total. The maximum Gasteiger partial charge on any atom is 0.276 e. The number of Topliss-reactive ketones (excluding diaryl/α,β-unsaturated/α-hetero) is 1. The molecule has 1 heterocycles. The van der Waals surface area contributed by atoms with Crippen LogP contribution >= 0.6 is 0 Å². The Hall–Kier alpha value is -3.74. The molecule has 3 aromatic rings. The molecule has 2 aromatic carbocycles. The smallest absolute Gasteiger partial charge is 0.276 e. The molecular formula is C21H20N4O3.